The van der Waals surface area contributed by atoms with E-state index in [1.807, 2.05) is 0 Å². The molecular formula is C18H23NO4. The van der Waals surface area contributed by atoms with E-state index >= 15 is 0 Å². The minimum atomic E-state index is 0.181. The first kappa shape index (κ1) is 20.3. The Bertz CT molecular complexity index is 499. The molecule has 0 aliphatic rings. The lowest BCUT2D eigenvalue weighted by molar-refractivity contribution is 0.111. The molecule has 0 atom stereocenters. The molecule has 0 aromatic heterocycles. The smallest absolute Gasteiger partial charge is 0.150 e. The molecule has 0 heterocycles. The molecule has 5 nitrogen and oxygen atoms in total. The van der Waals surface area contributed by atoms with Gasteiger partial charge in [-0.3, -0.25) is 9.59 Å². The van der Waals surface area contributed by atoms with Crippen LogP contribution in [0.2, 0.25) is 0 Å². The summed E-state index contributed by atoms with van der Waals surface area (Å²) in [5.74, 6) is 0.362. The molecule has 0 saturated carbocycles. The number of hydrogen-bond acceptors (Lipinski definition) is 5. The van der Waals surface area contributed by atoms with Crippen molar-refractivity contribution >= 4 is 12.6 Å². The highest BCUT2D eigenvalue weighted by molar-refractivity contribution is 5.75. The fraction of sp³-hybridized carbons (Fsp3) is 0.222. The highest BCUT2D eigenvalue weighted by Gasteiger charge is 1.87. The molecule has 0 unspecified atom stereocenters. The number of hydrogen-bond donors (Lipinski definition) is 3. The molecule has 0 radical (unpaired) electrons. The number of aldehydes is 2. The van der Waals surface area contributed by atoms with Gasteiger partial charge >= 0.3 is 0 Å². The summed E-state index contributed by atoms with van der Waals surface area (Å²) in [5.41, 5.74) is 6.29. The number of benzene rings is 2. The third-order valence-electron chi connectivity index (χ3n) is 2.62. The Morgan fingerprint density at radius 1 is 0.826 bits per heavy atom. The van der Waals surface area contributed by atoms with Gasteiger partial charge in [0.25, 0.3) is 0 Å². The average molecular weight is 317 g/mol. The molecule has 0 aliphatic carbocycles. The number of nitrogens with two attached hydrogens (primary N) is 1. The Balaban J connectivity index is 0.000000332. The summed E-state index contributed by atoms with van der Waals surface area (Å²) in [4.78, 5) is 20.1. The summed E-state index contributed by atoms with van der Waals surface area (Å²) in [6.07, 6.45) is 3.86. The van der Waals surface area contributed by atoms with Gasteiger partial charge in [-0.2, -0.15) is 0 Å². The molecule has 0 saturated heterocycles. The maximum atomic E-state index is 10.0. The van der Waals surface area contributed by atoms with E-state index in [2.05, 4.69) is 6.92 Å². The van der Waals surface area contributed by atoms with Gasteiger partial charge in [0.2, 0.25) is 0 Å². The van der Waals surface area contributed by atoms with E-state index in [4.69, 9.17) is 15.9 Å². The number of carbonyl (C=O) groups excluding carboxylic acids is 2. The first-order chi connectivity index (χ1) is 11.1. The lowest BCUT2D eigenvalue weighted by Gasteiger charge is -1.88. The zero-order valence-electron chi connectivity index (χ0n) is 13.2. The number of carbonyl (C=O) groups is 2. The zero-order valence-corrected chi connectivity index (χ0v) is 13.2. The van der Waals surface area contributed by atoms with Gasteiger partial charge in [0.15, 0.2) is 0 Å². The van der Waals surface area contributed by atoms with Crippen LogP contribution >= 0.6 is 0 Å². The van der Waals surface area contributed by atoms with Gasteiger partial charge in [-0.15, -0.1) is 0 Å². The van der Waals surface area contributed by atoms with Crippen molar-refractivity contribution in [2.24, 2.45) is 5.73 Å². The molecule has 0 bridgehead atoms. The summed E-state index contributed by atoms with van der Waals surface area (Å²) >= 11 is 0. The predicted molar refractivity (Wildman–Crippen MR) is 91.0 cm³/mol. The van der Waals surface area contributed by atoms with Crippen LogP contribution in [-0.2, 0) is 0 Å². The van der Waals surface area contributed by atoms with Gasteiger partial charge in [-0.1, -0.05) is 13.3 Å². The first-order valence-corrected chi connectivity index (χ1v) is 7.25. The highest BCUT2D eigenvalue weighted by Crippen LogP contribution is 2.07. The predicted octanol–water partition coefficient (Wildman–Crippen LogP) is 3.15. The van der Waals surface area contributed by atoms with Crippen molar-refractivity contribution in [1.82, 2.24) is 0 Å². The molecule has 124 valence electrons. The molecule has 5 heteroatoms. The molecule has 2 rings (SSSR count). The highest BCUT2D eigenvalue weighted by atomic mass is 16.3. The Hall–Kier alpha value is -2.66. The lowest BCUT2D eigenvalue weighted by Crippen LogP contribution is -1.95. The summed E-state index contributed by atoms with van der Waals surface area (Å²) < 4.78 is 0. The van der Waals surface area contributed by atoms with Crippen LogP contribution in [0.25, 0.3) is 0 Å². The number of phenolic OH excluding ortho intramolecular Hbond substituents is 2. The standard InChI is InChI=1S/2C7H6O2.C4H11N/c2*8-5-6-1-3-7(9)4-2-6;1-2-3-4-5/h2*1-5,9H;2-5H2,1H3. The Labute approximate surface area is 136 Å². The van der Waals surface area contributed by atoms with Gasteiger partial charge in [-0.05, 0) is 61.5 Å². The number of aromatic hydroxyl groups is 2. The van der Waals surface area contributed by atoms with Gasteiger partial charge < -0.3 is 15.9 Å². The quantitative estimate of drug-likeness (QED) is 0.752. The maximum Gasteiger partial charge on any atom is 0.150 e. The van der Waals surface area contributed by atoms with Gasteiger partial charge in [0.05, 0.1) is 0 Å². The monoisotopic (exact) mass is 317 g/mol. The number of rotatable bonds is 4. The van der Waals surface area contributed by atoms with E-state index in [-0.39, 0.29) is 11.5 Å². The van der Waals surface area contributed by atoms with Crippen molar-refractivity contribution in [3.8, 4) is 11.5 Å². The summed E-state index contributed by atoms with van der Waals surface area (Å²) in [6, 6.07) is 12.1. The average Bonchev–Trinajstić information content (AvgIpc) is 2.58. The summed E-state index contributed by atoms with van der Waals surface area (Å²) in [5, 5.41) is 17.5. The maximum absolute atomic E-state index is 10.0. The topological polar surface area (TPSA) is 101 Å². The van der Waals surface area contributed by atoms with Crippen LogP contribution in [0.4, 0.5) is 0 Å². The van der Waals surface area contributed by atoms with Crippen molar-refractivity contribution < 1.29 is 19.8 Å². The van der Waals surface area contributed by atoms with Crippen LogP contribution in [0.5, 0.6) is 11.5 Å². The van der Waals surface area contributed by atoms with E-state index < -0.39 is 0 Å². The van der Waals surface area contributed by atoms with Gasteiger partial charge in [-0.25, -0.2) is 0 Å². The van der Waals surface area contributed by atoms with Crippen LogP contribution in [0.3, 0.4) is 0 Å². The molecule has 4 N–H and O–H groups in total. The first-order valence-electron chi connectivity index (χ1n) is 7.25. The second-order valence-electron chi connectivity index (χ2n) is 4.56. The van der Waals surface area contributed by atoms with E-state index in [9.17, 15) is 9.59 Å². The fourth-order valence-corrected chi connectivity index (χ4v) is 1.31. The van der Waals surface area contributed by atoms with E-state index in [0.29, 0.717) is 11.1 Å². The molecule has 2 aromatic carbocycles. The van der Waals surface area contributed by atoms with Crippen molar-refractivity contribution in [1.29, 1.82) is 0 Å². The minimum Gasteiger partial charge on any atom is -0.508 e. The number of unbranched alkanes of at least 4 members (excludes halogenated alkanes) is 1. The van der Waals surface area contributed by atoms with E-state index in [0.717, 1.165) is 19.1 Å². The number of phenols is 2. The van der Waals surface area contributed by atoms with Crippen LogP contribution in [0.15, 0.2) is 48.5 Å². The van der Waals surface area contributed by atoms with Crippen LogP contribution < -0.4 is 5.73 Å². The summed E-state index contributed by atoms with van der Waals surface area (Å²) in [7, 11) is 0. The van der Waals surface area contributed by atoms with Gasteiger partial charge in [0.1, 0.15) is 24.1 Å². The Morgan fingerprint density at radius 3 is 1.35 bits per heavy atom. The Kier molecular flexibility index (Phi) is 11.5. The van der Waals surface area contributed by atoms with Crippen molar-refractivity contribution in [3.63, 3.8) is 0 Å². The molecule has 2 aromatic rings. The van der Waals surface area contributed by atoms with Crippen molar-refractivity contribution in [3.05, 3.63) is 59.7 Å². The fourth-order valence-electron chi connectivity index (χ4n) is 1.31. The SMILES string of the molecule is CCCCN.O=Cc1ccc(O)cc1.O=Cc1ccc(O)cc1. The third-order valence-corrected chi connectivity index (χ3v) is 2.62. The lowest BCUT2D eigenvalue weighted by atomic mass is 10.2. The second-order valence-corrected chi connectivity index (χ2v) is 4.56. The molecule has 0 spiro atoms. The minimum absolute atomic E-state index is 0.181. The molecular weight excluding hydrogens is 294 g/mol. The van der Waals surface area contributed by atoms with Crippen LogP contribution in [0, 0.1) is 0 Å². The zero-order chi connectivity index (χ0) is 17.5. The summed E-state index contributed by atoms with van der Waals surface area (Å²) in [6.45, 7) is 2.98. The van der Waals surface area contributed by atoms with Gasteiger partial charge in [0, 0.05) is 11.1 Å². The van der Waals surface area contributed by atoms with E-state index in [1.165, 1.54) is 37.1 Å². The molecule has 23 heavy (non-hydrogen) atoms. The second kappa shape index (κ2) is 13.0. The van der Waals surface area contributed by atoms with Crippen LogP contribution in [-0.4, -0.2) is 29.3 Å². The third kappa shape index (κ3) is 10.7. The molecule has 0 amide bonds. The van der Waals surface area contributed by atoms with Crippen molar-refractivity contribution in [2.45, 2.75) is 19.8 Å². The van der Waals surface area contributed by atoms with E-state index in [1.54, 1.807) is 24.3 Å². The Morgan fingerprint density at radius 2 is 1.17 bits per heavy atom. The largest absolute Gasteiger partial charge is 0.508 e. The normalized spacial score (nSPS) is 8.78. The molecule has 0 aliphatic heterocycles. The molecule has 0 fully saturated rings. The van der Waals surface area contributed by atoms with Crippen molar-refractivity contribution in [2.75, 3.05) is 6.54 Å². The van der Waals surface area contributed by atoms with Crippen LogP contribution in [0.1, 0.15) is 40.5 Å².